The number of hydrogen-bond donors (Lipinski definition) is 2. The predicted molar refractivity (Wildman–Crippen MR) is 102 cm³/mol. The Kier molecular flexibility index (Phi) is 6.36. The Bertz CT molecular complexity index is 662. The summed E-state index contributed by atoms with van der Waals surface area (Å²) in [6, 6.07) is 12.6. The molecule has 0 radical (unpaired) electrons. The fourth-order valence-electron chi connectivity index (χ4n) is 2.61. The Morgan fingerprint density at radius 2 is 1.88 bits per heavy atom. The molecule has 2 rings (SSSR count). The van der Waals surface area contributed by atoms with E-state index in [4.69, 9.17) is 0 Å². The van der Waals surface area contributed by atoms with E-state index in [-0.39, 0.29) is 5.41 Å². The number of pyridine rings is 1. The first-order valence-corrected chi connectivity index (χ1v) is 8.42. The van der Waals surface area contributed by atoms with E-state index < -0.39 is 0 Å². The van der Waals surface area contributed by atoms with Gasteiger partial charge >= 0.3 is 0 Å². The van der Waals surface area contributed by atoms with E-state index in [0.29, 0.717) is 0 Å². The van der Waals surface area contributed by atoms with Crippen molar-refractivity contribution in [1.29, 1.82) is 0 Å². The second-order valence-corrected chi connectivity index (χ2v) is 6.65. The lowest BCUT2D eigenvalue weighted by Gasteiger charge is -2.26. The highest BCUT2D eigenvalue weighted by molar-refractivity contribution is 5.79. The Balaban J connectivity index is 1.83. The van der Waals surface area contributed by atoms with E-state index in [1.54, 1.807) is 0 Å². The smallest absolute Gasteiger partial charge is 0.191 e. The van der Waals surface area contributed by atoms with E-state index in [1.165, 1.54) is 16.7 Å². The van der Waals surface area contributed by atoms with Gasteiger partial charge in [-0.2, -0.15) is 0 Å². The molecule has 24 heavy (non-hydrogen) atoms. The Morgan fingerprint density at radius 1 is 1.12 bits per heavy atom. The second-order valence-electron chi connectivity index (χ2n) is 6.65. The maximum Gasteiger partial charge on any atom is 0.191 e. The molecule has 4 nitrogen and oxygen atoms in total. The number of rotatable bonds is 6. The SMILES string of the molecule is CN=C(NCCc1ccncc1C)NCC(C)(C)c1ccccc1. The van der Waals surface area contributed by atoms with Gasteiger partial charge in [0, 0.05) is 37.9 Å². The molecule has 2 aromatic rings. The number of aromatic nitrogens is 1. The van der Waals surface area contributed by atoms with Crippen LogP contribution >= 0.6 is 0 Å². The molecule has 0 amide bonds. The number of aryl methyl sites for hydroxylation is 1. The van der Waals surface area contributed by atoms with E-state index >= 15 is 0 Å². The van der Waals surface area contributed by atoms with E-state index in [2.05, 4.69) is 77.8 Å². The molecule has 1 heterocycles. The number of nitrogens with one attached hydrogen (secondary N) is 2. The molecule has 0 aliphatic carbocycles. The van der Waals surface area contributed by atoms with Crippen LogP contribution in [-0.4, -0.2) is 31.1 Å². The van der Waals surface area contributed by atoms with Crippen molar-refractivity contribution < 1.29 is 0 Å². The minimum Gasteiger partial charge on any atom is -0.356 e. The highest BCUT2D eigenvalue weighted by Gasteiger charge is 2.20. The van der Waals surface area contributed by atoms with E-state index in [1.807, 2.05) is 19.4 Å². The lowest BCUT2D eigenvalue weighted by atomic mass is 9.85. The van der Waals surface area contributed by atoms with E-state index in [0.717, 1.165) is 25.5 Å². The largest absolute Gasteiger partial charge is 0.356 e. The zero-order chi connectivity index (χ0) is 17.4. The van der Waals surface area contributed by atoms with Gasteiger partial charge in [0.05, 0.1) is 0 Å². The summed E-state index contributed by atoms with van der Waals surface area (Å²) in [6.45, 7) is 8.24. The van der Waals surface area contributed by atoms with Crippen molar-refractivity contribution in [2.24, 2.45) is 4.99 Å². The normalized spacial score (nSPS) is 12.1. The minimum absolute atomic E-state index is 0.0422. The van der Waals surface area contributed by atoms with Crippen molar-refractivity contribution >= 4 is 5.96 Å². The molecule has 0 atom stereocenters. The van der Waals surface area contributed by atoms with Crippen molar-refractivity contribution in [3.05, 3.63) is 65.5 Å². The minimum atomic E-state index is 0.0422. The third kappa shape index (κ3) is 5.08. The van der Waals surface area contributed by atoms with Crippen molar-refractivity contribution in [2.45, 2.75) is 32.6 Å². The van der Waals surface area contributed by atoms with Crippen molar-refractivity contribution in [1.82, 2.24) is 15.6 Å². The maximum absolute atomic E-state index is 4.32. The van der Waals surface area contributed by atoms with E-state index in [9.17, 15) is 0 Å². The predicted octanol–water partition coefficient (Wildman–Crippen LogP) is 3.08. The van der Waals surface area contributed by atoms with Crippen LogP contribution < -0.4 is 10.6 Å². The number of benzene rings is 1. The van der Waals surface area contributed by atoms with Crippen LogP contribution in [0.1, 0.15) is 30.5 Å². The molecule has 128 valence electrons. The molecule has 1 aromatic carbocycles. The quantitative estimate of drug-likeness (QED) is 0.634. The van der Waals surface area contributed by atoms with Crippen LogP contribution in [0.4, 0.5) is 0 Å². The number of nitrogens with zero attached hydrogens (tertiary/aromatic N) is 2. The lowest BCUT2D eigenvalue weighted by molar-refractivity contribution is 0.508. The summed E-state index contributed by atoms with van der Waals surface area (Å²) in [7, 11) is 1.81. The molecular formula is C20H28N4. The molecule has 0 unspecified atom stereocenters. The first-order chi connectivity index (χ1) is 11.5. The Morgan fingerprint density at radius 3 is 2.54 bits per heavy atom. The standard InChI is InChI=1S/C20H28N4/c1-16-14-22-12-10-17(16)11-13-23-19(21-4)24-15-20(2,3)18-8-6-5-7-9-18/h5-10,12,14H,11,13,15H2,1-4H3,(H2,21,23,24). The molecule has 0 aliphatic heterocycles. The van der Waals surface area contributed by atoms with Crippen LogP contribution in [0.5, 0.6) is 0 Å². The molecule has 4 heteroatoms. The van der Waals surface area contributed by atoms with Gasteiger partial charge in [0.15, 0.2) is 5.96 Å². The third-order valence-corrected chi connectivity index (χ3v) is 4.30. The maximum atomic E-state index is 4.32. The van der Waals surface area contributed by atoms with Gasteiger partial charge in [0.2, 0.25) is 0 Å². The fourth-order valence-corrected chi connectivity index (χ4v) is 2.61. The van der Waals surface area contributed by atoms with Crippen LogP contribution in [0.15, 0.2) is 53.8 Å². The Hall–Kier alpha value is -2.36. The van der Waals surface area contributed by atoms with Crippen molar-refractivity contribution in [3.8, 4) is 0 Å². The van der Waals surface area contributed by atoms with Gasteiger partial charge in [-0.3, -0.25) is 9.98 Å². The van der Waals surface area contributed by atoms with Crippen LogP contribution in [0.2, 0.25) is 0 Å². The van der Waals surface area contributed by atoms with Crippen LogP contribution in [-0.2, 0) is 11.8 Å². The molecule has 2 N–H and O–H groups in total. The number of aliphatic imine (C=N–C) groups is 1. The topological polar surface area (TPSA) is 49.3 Å². The summed E-state index contributed by atoms with van der Waals surface area (Å²) in [5.41, 5.74) is 3.91. The number of hydrogen-bond acceptors (Lipinski definition) is 2. The van der Waals surface area contributed by atoms with Gasteiger partial charge in [-0.15, -0.1) is 0 Å². The van der Waals surface area contributed by atoms with Gasteiger partial charge < -0.3 is 10.6 Å². The van der Waals surface area contributed by atoms with Crippen LogP contribution in [0, 0.1) is 6.92 Å². The highest BCUT2D eigenvalue weighted by atomic mass is 15.2. The van der Waals surface area contributed by atoms with Gasteiger partial charge in [-0.05, 0) is 36.1 Å². The molecule has 0 aliphatic rings. The molecule has 1 aromatic heterocycles. The molecule has 0 spiro atoms. The summed E-state index contributed by atoms with van der Waals surface area (Å²) in [5, 5.41) is 6.82. The van der Waals surface area contributed by atoms with Gasteiger partial charge in [0.1, 0.15) is 0 Å². The Labute approximate surface area is 145 Å². The zero-order valence-corrected chi connectivity index (χ0v) is 15.1. The summed E-state index contributed by atoms with van der Waals surface area (Å²) >= 11 is 0. The van der Waals surface area contributed by atoms with Crippen LogP contribution in [0.3, 0.4) is 0 Å². The first kappa shape index (κ1) is 18.0. The first-order valence-electron chi connectivity index (χ1n) is 8.42. The summed E-state index contributed by atoms with van der Waals surface area (Å²) in [5.74, 6) is 0.839. The summed E-state index contributed by atoms with van der Waals surface area (Å²) < 4.78 is 0. The molecule has 0 bridgehead atoms. The molecule has 0 saturated heterocycles. The van der Waals surface area contributed by atoms with Gasteiger partial charge in [-0.1, -0.05) is 44.2 Å². The average molecular weight is 324 g/mol. The summed E-state index contributed by atoms with van der Waals surface area (Å²) in [4.78, 5) is 8.45. The van der Waals surface area contributed by atoms with Crippen molar-refractivity contribution in [3.63, 3.8) is 0 Å². The molecule has 0 fully saturated rings. The second kappa shape index (κ2) is 8.48. The van der Waals surface area contributed by atoms with Gasteiger partial charge in [-0.25, -0.2) is 0 Å². The lowest BCUT2D eigenvalue weighted by Crippen LogP contribution is -2.44. The molecule has 0 saturated carbocycles. The number of guanidine groups is 1. The molecular weight excluding hydrogens is 296 g/mol. The zero-order valence-electron chi connectivity index (χ0n) is 15.1. The average Bonchev–Trinajstić information content (AvgIpc) is 2.60. The highest BCUT2D eigenvalue weighted by Crippen LogP contribution is 2.21. The van der Waals surface area contributed by atoms with Gasteiger partial charge in [0.25, 0.3) is 0 Å². The van der Waals surface area contributed by atoms with Crippen LogP contribution in [0.25, 0.3) is 0 Å². The third-order valence-electron chi connectivity index (χ3n) is 4.30. The monoisotopic (exact) mass is 324 g/mol. The summed E-state index contributed by atoms with van der Waals surface area (Å²) in [6.07, 6.45) is 4.71. The fraction of sp³-hybridized carbons (Fsp3) is 0.400. The van der Waals surface area contributed by atoms with Crippen molar-refractivity contribution in [2.75, 3.05) is 20.1 Å².